The van der Waals surface area contributed by atoms with Gasteiger partial charge in [0, 0.05) is 24.0 Å². The van der Waals surface area contributed by atoms with Crippen molar-refractivity contribution < 1.29 is 17.6 Å². The molecule has 38 heavy (non-hydrogen) atoms. The number of aromatic nitrogens is 2. The van der Waals surface area contributed by atoms with Crippen molar-refractivity contribution in [1.82, 2.24) is 20.4 Å². The maximum absolute atomic E-state index is 15.2. The number of piperidine rings is 1. The Hall–Kier alpha value is -3.08. The van der Waals surface area contributed by atoms with Crippen LogP contribution in [0.15, 0.2) is 34.6 Å². The molecule has 4 N–H and O–H groups in total. The molecule has 1 saturated carbocycles. The minimum absolute atomic E-state index is 0.188. The molecule has 0 bridgehead atoms. The van der Waals surface area contributed by atoms with Crippen LogP contribution in [0.4, 0.5) is 29.1 Å². The Bertz CT molecular complexity index is 1190. The summed E-state index contributed by atoms with van der Waals surface area (Å²) in [6, 6.07) is 5.53. The van der Waals surface area contributed by atoms with E-state index in [-0.39, 0.29) is 17.3 Å². The van der Waals surface area contributed by atoms with Gasteiger partial charge in [0.1, 0.15) is 17.2 Å². The third-order valence-corrected chi connectivity index (χ3v) is 7.86. The molecular weight excluding hydrogens is 498 g/mol. The van der Waals surface area contributed by atoms with Crippen molar-refractivity contribution in [2.24, 2.45) is 4.99 Å². The second kappa shape index (κ2) is 11.0. The first-order valence-corrected chi connectivity index (χ1v) is 13.4. The van der Waals surface area contributed by atoms with Gasteiger partial charge in [-0.3, -0.25) is 5.10 Å². The van der Waals surface area contributed by atoms with Gasteiger partial charge in [-0.2, -0.15) is 18.3 Å². The summed E-state index contributed by atoms with van der Waals surface area (Å²) in [5.74, 6) is -0.211. The van der Waals surface area contributed by atoms with E-state index in [0.29, 0.717) is 17.7 Å². The van der Waals surface area contributed by atoms with Gasteiger partial charge in [-0.15, -0.1) is 0 Å². The van der Waals surface area contributed by atoms with E-state index in [1.165, 1.54) is 32.4 Å². The highest BCUT2D eigenvalue weighted by Crippen LogP contribution is 2.38. The number of nitrogens with zero attached hydrogens (tertiary/aromatic N) is 3. The molecule has 1 aromatic carbocycles. The van der Waals surface area contributed by atoms with E-state index >= 15 is 4.39 Å². The summed E-state index contributed by atoms with van der Waals surface area (Å²) in [7, 11) is 0. The van der Waals surface area contributed by atoms with Crippen LogP contribution < -0.4 is 16.0 Å². The normalized spacial score (nSPS) is 24.8. The molecule has 2 fully saturated rings. The highest BCUT2D eigenvalue weighted by atomic mass is 19.4. The van der Waals surface area contributed by atoms with Gasteiger partial charge in [0.15, 0.2) is 12.1 Å². The number of aromatic amines is 1. The van der Waals surface area contributed by atoms with Gasteiger partial charge < -0.3 is 20.9 Å². The van der Waals surface area contributed by atoms with Gasteiger partial charge in [0.2, 0.25) is 0 Å². The number of aliphatic imine (C=N–C) groups is 1. The molecule has 2 aliphatic heterocycles. The lowest BCUT2D eigenvalue weighted by molar-refractivity contribution is -0.0868. The molecule has 5 rings (SSSR count). The number of hydrogen-bond donors (Lipinski definition) is 4. The minimum Gasteiger partial charge on any atom is -0.345 e. The number of rotatable bonds is 6. The number of allylic oxidation sites excluding steroid dienone is 1. The van der Waals surface area contributed by atoms with Crippen LogP contribution in [0.1, 0.15) is 67.7 Å². The van der Waals surface area contributed by atoms with Gasteiger partial charge in [0.05, 0.1) is 5.69 Å². The summed E-state index contributed by atoms with van der Waals surface area (Å²) in [6.07, 6.45) is 3.35. The van der Waals surface area contributed by atoms with Crippen molar-refractivity contribution in [2.75, 3.05) is 23.7 Å². The number of H-pyrrole nitrogens is 1. The second-order valence-electron chi connectivity index (χ2n) is 10.6. The zero-order valence-corrected chi connectivity index (χ0v) is 21.8. The Morgan fingerprint density at radius 3 is 2.39 bits per heavy atom. The van der Waals surface area contributed by atoms with E-state index in [0.717, 1.165) is 43.0 Å². The fraction of sp³-hybridized carbons (Fsp3) is 0.556. The van der Waals surface area contributed by atoms with Crippen molar-refractivity contribution in [3.63, 3.8) is 0 Å². The zero-order chi connectivity index (χ0) is 26.9. The summed E-state index contributed by atoms with van der Waals surface area (Å²) >= 11 is 0. The second-order valence-corrected chi connectivity index (χ2v) is 10.6. The molecular formula is C27H35F4N7. The Balaban J connectivity index is 1.25. The van der Waals surface area contributed by atoms with Crippen LogP contribution in [0.25, 0.3) is 0 Å². The van der Waals surface area contributed by atoms with Crippen LogP contribution in [-0.2, 0) is 0 Å². The van der Waals surface area contributed by atoms with E-state index < -0.39 is 23.9 Å². The highest BCUT2D eigenvalue weighted by Gasteiger charge is 2.38. The van der Waals surface area contributed by atoms with Crippen LogP contribution in [0.5, 0.6) is 0 Å². The molecule has 1 aromatic heterocycles. The first-order chi connectivity index (χ1) is 18.2. The smallest absolute Gasteiger partial charge is 0.345 e. The molecule has 1 unspecified atom stereocenters. The number of halogens is 4. The van der Waals surface area contributed by atoms with Gasteiger partial charge in [-0.1, -0.05) is 6.42 Å². The first-order valence-electron chi connectivity index (χ1n) is 13.4. The molecule has 1 atom stereocenters. The van der Waals surface area contributed by atoms with Crippen LogP contribution in [0, 0.1) is 19.7 Å². The zero-order valence-electron chi connectivity index (χ0n) is 21.8. The van der Waals surface area contributed by atoms with Gasteiger partial charge >= 0.3 is 6.18 Å². The third kappa shape index (κ3) is 5.98. The lowest BCUT2D eigenvalue weighted by Gasteiger charge is -2.39. The summed E-state index contributed by atoms with van der Waals surface area (Å²) in [5, 5.41) is 14.9. The fourth-order valence-electron chi connectivity index (χ4n) is 5.90. The minimum atomic E-state index is -4.63. The molecule has 1 aliphatic carbocycles. The Labute approximate surface area is 220 Å². The topological polar surface area (TPSA) is 80.4 Å². The number of nitrogens with one attached hydrogen (secondary N) is 4. The lowest BCUT2D eigenvalue weighted by atomic mass is 9.79. The Morgan fingerprint density at radius 1 is 1.00 bits per heavy atom. The molecule has 2 aromatic rings. The molecule has 3 aliphatic rings. The Morgan fingerprint density at radius 2 is 1.74 bits per heavy atom. The van der Waals surface area contributed by atoms with Crippen molar-refractivity contribution in [3.8, 4) is 0 Å². The number of aryl methyl sites for hydroxylation is 2. The average Bonchev–Trinajstić information content (AvgIpc) is 3.30. The molecule has 1 saturated heterocycles. The van der Waals surface area contributed by atoms with E-state index in [4.69, 9.17) is 0 Å². The molecule has 0 spiro atoms. The summed E-state index contributed by atoms with van der Waals surface area (Å²) < 4.78 is 56.0. The molecule has 11 heteroatoms. The average molecular weight is 534 g/mol. The van der Waals surface area contributed by atoms with Crippen molar-refractivity contribution in [2.45, 2.75) is 83.2 Å². The van der Waals surface area contributed by atoms with Crippen LogP contribution >= 0.6 is 0 Å². The maximum atomic E-state index is 15.2. The van der Waals surface area contributed by atoms with Gasteiger partial charge in [0.25, 0.3) is 0 Å². The number of alkyl halides is 3. The predicted molar refractivity (Wildman–Crippen MR) is 141 cm³/mol. The molecule has 0 radical (unpaired) electrons. The standard InChI is InChI=1S/C27H35F4N7/c1-16-12-23(22(28)14-20(16)18-6-8-19(9-7-18)38-10-4-3-5-11-38)33-26-32-15-21(27(29,30)31)25(35-26)34-24-13-17(2)36-37-24/h12-15,18-19,26,33,35H,3-11H2,1-2H3,(H2,34,36,37). The SMILES string of the molecule is Cc1cc(NC2=C(C(F)(F)F)C=NC(Nc3cc(C)c(C4CCC(N5CCCCC5)CC4)cc3F)N2)n[nH]1. The van der Waals surface area contributed by atoms with Crippen LogP contribution in [0.2, 0.25) is 0 Å². The lowest BCUT2D eigenvalue weighted by Crippen LogP contribution is -2.42. The van der Waals surface area contributed by atoms with Gasteiger partial charge in [-0.05, 0) is 94.6 Å². The number of benzene rings is 1. The van der Waals surface area contributed by atoms with Crippen molar-refractivity contribution >= 4 is 17.7 Å². The van der Waals surface area contributed by atoms with E-state index in [1.54, 1.807) is 25.1 Å². The fourth-order valence-corrected chi connectivity index (χ4v) is 5.90. The van der Waals surface area contributed by atoms with Crippen molar-refractivity contribution in [1.29, 1.82) is 0 Å². The highest BCUT2D eigenvalue weighted by molar-refractivity contribution is 5.83. The monoisotopic (exact) mass is 533 g/mol. The van der Waals surface area contributed by atoms with E-state index in [1.807, 2.05) is 6.92 Å². The van der Waals surface area contributed by atoms with Crippen LogP contribution in [0.3, 0.4) is 0 Å². The third-order valence-electron chi connectivity index (χ3n) is 7.86. The molecule has 0 amide bonds. The molecule has 206 valence electrons. The largest absolute Gasteiger partial charge is 0.421 e. The summed E-state index contributed by atoms with van der Waals surface area (Å²) in [6.45, 7) is 6.09. The van der Waals surface area contributed by atoms with Gasteiger partial charge in [-0.25, -0.2) is 9.38 Å². The summed E-state index contributed by atoms with van der Waals surface area (Å²) in [5.41, 5.74) is 1.89. The molecule has 3 heterocycles. The summed E-state index contributed by atoms with van der Waals surface area (Å²) in [4.78, 5) is 6.57. The van der Waals surface area contributed by atoms with Crippen LogP contribution in [-0.4, -0.2) is 52.9 Å². The first kappa shape index (κ1) is 26.5. The van der Waals surface area contributed by atoms with Crippen molar-refractivity contribution in [3.05, 3.63) is 52.2 Å². The van der Waals surface area contributed by atoms with E-state index in [9.17, 15) is 13.2 Å². The number of anilines is 2. The quantitative estimate of drug-likeness (QED) is 0.346. The maximum Gasteiger partial charge on any atom is 0.421 e. The molecule has 7 nitrogen and oxygen atoms in total. The Kier molecular flexibility index (Phi) is 7.65. The number of likely N-dealkylation sites (tertiary alicyclic amines) is 1. The van der Waals surface area contributed by atoms with E-state index in [2.05, 4.69) is 36.0 Å². The predicted octanol–water partition coefficient (Wildman–Crippen LogP) is 5.93. The number of hydrogen-bond acceptors (Lipinski definition) is 6.